The van der Waals surface area contributed by atoms with Gasteiger partial charge < -0.3 is 14.6 Å². The summed E-state index contributed by atoms with van der Waals surface area (Å²) in [4.78, 5) is 13.3. The van der Waals surface area contributed by atoms with Crippen LogP contribution in [0.3, 0.4) is 0 Å². The molecule has 0 radical (unpaired) electrons. The zero-order chi connectivity index (χ0) is 20.3. The lowest BCUT2D eigenvalue weighted by Crippen LogP contribution is -2.44. The molecule has 0 unspecified atom stereocenters. The Morgan fingerprint density at radius 3 is 2.83 bits per heavy atom. The maximum absolute atomic E-state index is 14.6. The smallest absolute Gasteiger partial charge is 0.267 e. The summed E-state index contributed by atoms with van der Waals surface area (Å²) in [5.41, 5.74) is 2.48. The molecule has 1 N–H and O–H groups in total. The number of ether oxygens (including phenoxy) is 1. The lowest BCUT2D eigenvalue weighted by molar-refractivity contribution is -0.0644. The molecule has 152 valence electrons. The Balaban J connectivity index is 1.30. The summed E-state index contributed by atoms with van der Waals surface area (Å²) in [7, 11) is 0. The van der Waals surface area contributed by atoms with E-state index in [1.54, 1.807) is 18.3 Å². The molecule has 4 heterocycles. The van der Waals surface area contributed by atoms with E-state index in [2.05, 4.69) is 25.4 Å². The summed E-state index contributed by atoms with van der Waals surface area (Å²) in [5.74, 6) is 1.62. The van der Waals surface area contributed by atoms with E-state index >= 15 is 0 Å². The van der Waals surface area contributed by atoms with Gasteiger partial charge in [0.05, 0.1) is 24.3 Å². The van der Waals surface area contributed by atoms with E-state index in [1.807, 2.05) is 23.7 Å². The van der Waals surface area contributed by atoms with E-state index in [-0.39, 0.29) is 11.2 Å². The molecule has 1 aromatic carbocycles. The van der Waals surface area contributed by atoms with Gasteiger partial charge in [-0.25, -0.2) is 14.4 Å². The van der Waals surface area contributed by atoms with Crippen LogP contribution in [0, 0.1) is 5.82 Å². The quantitative estimate of drug-likeness (QED) is 0.539. The minimum absolute atomic E-state index is 0.246. The molecule has 1 aliphatic carbocycles. The van der Waals surface area contributed by atoms with Gasteiger partial charge in [0.15, 0.2) is 0 Å². The lowest BCUT2D eigenvalue weighted by Gasteiger charge is -2.33. The van der Waals surface area contributed by atoms with Crippen LogP contribution in [0.5, 0.6) is 0 Å². The maximum atomic E-state index is 14.6. The number of benzene rings is 1. The van der Waals surface area contributed by atoms with E-state index in [0.717, 1.165) is 0 Å². The van der Waals surface area contributed by atoms with Crippen molar-refractivity contribution in [2.75, 3.05) is 18.5 Å². The number of anilines is 2. The van der Waals surface area contributed by atoms with Gasteiger partial charge in [0.2, 0.25) is 11.7 Å². The summed E-state index contributed by atoms with van der Waals surface area (Å²) >= 11 is 0. The van der Waals surface area contributed by atoms with Crippen LogP contribution in [-0.4, -0.2) is 37.7 Å². The van der Waals surface area contributed by atoms with Crippen molar-refractivity contribution in [1.29, 1.82) is 0 Å². The van der Waals surface area contributed by atoms with Crippen LogP contribution in [0.2, 0.25) is 0 Å². The topological polar surface area (TPSA) is 90.4 Å². The standard InChI is InChI=1S/C21H19FN6O2/c1-21(10-29-11-21)18-26-19(27-30-18)24-14-4-5-16(22)15(6-14)17-9-28-8-13(12-2-3-12)7-23-20(28)25-17/h4-9,12H,2-3,10-11H2,1H3,(H,24,27). The van der Waals surface area contributed by atoms with Crippen LogP contribution in [0.25, 0.3) is 17.0 Å². The fourth-order valence-electron chi connectivity index (χ4n) is 3.64. The Morgan fingerprint density at radius 1 is 1.20 bits per heavy atom. The van der Waals surface area contributed by atoms with Gasteiger partial charge in [0.25, 0.3) is 5.95 Å². The van der Waals surface area contributed by atoms with E-state index in [4.69, 9.17) is 9.26 Å². The number of rotatable bonds is 5. The number of hydrogen-bond acceptors (Lipinski definition) is 7. The van der Waals surface area contributed by atoms with Crippen molar-refractivity contribution < 1.29 is 13.7 Å². The number of nitrogens with one attached hydrogen (secondary N) is 1. The Kier molecular flexibility index (Phi) is 3.70. The zero-order valence-electron chi connectivity index (χ0n) is 16.3. The van der Waals surface area contributed by atoms with Gasteiger partial charge >= 0.3 is 0 Å². The molecular weight excluding hydrogens is 387 g/mol. The first kappa shape index (κ1) is 17.5. The second-order valence-electron chi connectivity index (χ2n) is 8.29. The Hall–Kier alpha value is -3.33. The van der Waals surface area contributed by atoms with Gasteiger partial charge in [-0.2, -0.15) is 4.98 Å². The molecule has 1 saturated carbocycles. The molecule has 3 aromatic heterocycles. The molecule has 0 spiro atoms. The molecule has 0 atom stereocenters. The Morgan fingerprint density at radius 2 is 2.07 bits per heavy atom. The van der Waals surface area contributed by atoms with E-state index in [1.165, 1.54) is 24.5 Å². The third kappa shape index (κ3) is 2.93. The number of aromatic nitrogens is 5. The van der Waals surface area contributed by atoms with Crippen LogP contribution >= 0.6 is 0 Å². The Labute approximate surface area is 171 Å². The minimum Gasteiger partial charge on any atom is -0.379 e. The summed E-state index contributed by atoms with van der Waals surface area (Å²) in [6, 6.07) is 4.71. The van der Waals surface area contributed by atoms with Gasteiger partial charge in [-0.05, 0) is 54.6 Å². The summed E-state index contributed by atoms with van der Waals surface area (Å²) < 4.78 is 27.0. The lowest BCUT2D eigenvalue weighted by atomic mass is 9.89. The van der Waals surface area contributed by atoms with Crippen LogP contribution in [0.1, 0.15) is 37.1 Å². The molecular formula is C21H19FN6O2. The zero-order valence-corrected chi connectivity index (χ0v) is 16.3. The second kappa shape index (κ2) is 6.33. The van der Waals surface area contributed by atoms with E-state index in [9.17, 15) is 4.39 Å². The van der Waals surface area contributed by atoms with Crippen molar-refractivity contribution in [3.8, 4) is 11.3 Å². The highest BCUT2D eigenvalue weighted by atomic mass is 19.1. The number of imidazole rings is 1. The summed E-state index contributed by atoms with van der Waals surface area (Å²) in [6.07, 6.45) is 8.09. The molecule has 2 fully saturated rings. The fourth-order valence-corrected chi connectivity index (χ4v) is 3.64. The predicted octanol–water partition coefficient (Wildman–Crippen LogP) is 3.83. The molecule has 0 amide bonds. The highest BCUT2D eigenvalue weighted by molar-refractivity contribution is 5.69. The number of fused-ring (bicyclic) bond motifs is 1. The predicted molar refractivity (Wildman–Crippen MR) is 106 cm³/mol. The van der Waals surface area contributed by atoms with Gasteiger partial charge in [0, 0.05) is 29.8 Å². The molecule has 30 heavy (non-hydrogen) atoms. The van der Waals surface area contributed by atoms with Crippen molar-refractivity contribution in [2.45, 2.75) is 31.1 Å². The monoisotopic (exact) mass is 406 g/mol. The number of halogens is 1. The normalized spacial score (nSPS) is 17.8. The average molecular weight is 406 g/mol. The molecule has 2 aliphatic rings. The molecule has 1 saturated heterocycles. The van der Waals surface area contributed by atoms with Gasteiger partial charge in [-0.3, -0.25) is 4.40 Å². The van der Waals surface area contributed by atoms with Gasteiger partial charge in [-0.15, -0.1) is 0 Å². The molecule has 9 heteroatoms. The first-order valence-electron chi connectivity index (χ1n) is 9.91. The molecule has 6 rings (SSSR count). The van der Waals surface area contributed by atoms with Crippen molar-refractivity contribution >= 4 is 17.4 Å². The van der Waals surface area contributed by atoms with Crippen LogP contribution in [0.15, 0.2) is 41.3 Å². The van der Waals surface area contributed by atoms with Crippen molar-refractivity contribution in [3.63, 3.8) is 0 Å². The summed E-state index contributed by atoms with van der Waals surface area (Å²) in [6.45, 7) is 3.12. The van der Waals surface area contributed by atoms with Crippen molar-refractivity contribution in [2.24, 2.45) is 0 Å². The largest absolute Gasteiger partial charge is 0.379 e. The first-order valence-corrected chi connectivity index (χ1v) is 9.91. The average Bonchev–Trinajstić information content (AvgIpc) is 3.32. The van der Waals surface area contributed by atoms with Gasteiger partial charge in [0.1, 0.15) is 5.82 Å². The molecule has 8 nitrogen and oxygen atoms in total. The van der Waals surface area contributed by atoms with Crippen molar-refractivity contribution in [1.82, 2.24) is 24.5 Å². The molecule has 1 aliphatic heterocycles. The third-order valence-electron chi connectivity index (χ3n) is 5.66. The van der Waals surface area contributed by atoms with Crippen molar-refractivity contribution in [3.05, 3.63) is 54.1 Å². The fraction of sp³-hybridized carbons (Fsp3) is 0.333. The highest BCUT2D eigenvalue weighted by Gasteiger charge is 2.40. The molecule has 4 aromatic rings. The summed E-state index contributed by atoms with van der Waals surface area (Å²) in [5, 5.41) is 7.05. The van der Waals surface area contributed by atoms with E-state index in [0.29, 0.717) is 53.7 Å². The second-order valence-corrected chi connectivity index (χ2v) is 8.29. The molecule has 0 bridgehead atoms. The Bertz CT molecular complexity index is 1260. The van der Waals surface area contributed by atoms with E-state index < -0.39 is 0 Å². The maximum Gasteiger partial charge on any atom is 0.267 e. The van der Waals surface area contributed by atoms with Crippen LogP contribution in [-0.2, 0) is 10.2 Å². The van der Waals surface area contributed by atoms with Crippen LogP contribution in [0.4, 0.5) is 16.0 Å². The minimum atomic E-state index is -0.362. The number of hydrogen-bond donors (Lipinski definition) is 1. The van der Waals surface area contributed by atoms with Gasteiger partial charge in [-0.1, -0.05) is 0 Å². The van der Waals surface area contributed by atoms with Crippen LogP contribution < -0.4 is 5.32 Å². The SMILES string of the molecule is CC1(c2nc(Nc3ccc(F)c(-c4cn5cc(C6CC6)cnc5n4)c3)no2)COC1. The number of nitrogens with zero attached hydrogens (tertiary/aromatic N) is 5. The third-order valence-corrected chi connectivity index (χ3v) is 5.66. The first-order chi connectivity index (χ1) is 14.6. The highest BCUT2D eigenvalue weighted by Crippen LogP contribution is 2.39.